The van der Waals surface area contributed by atoms with Crippen LogP contribution < -0.4 is 0 Å². The van der Waals surface area contributed by atoms with Gasteiger partial charge >= 0.3 is 0 Å². The Morgan fingerprint density at radius 3 is 1.03 bits per heavy atom. The Kier molecular flexibility index (Phi) is 10.1. The van der Waals surface area contributed by atoms with Crippen LogP contribution in [-0.4, -0.2) is 51.6 Å². The van der Waals surface area contributed by atoms with Gasteiger partial charge in [0.25, 0.3) is 0 Å². The second-order valence-corrected chi connectivity index (χ2v) is 12.0. The first-order valence-corrected chi connectivity index (χ1v) is 14.5. The van der Waals surface area contributed by atoms with Gasteiger partial charge in [-0.15, -0.1) is 0 Å². The van der Waals surface area contributed by atoms with Crippen molar-refractivity contribution in [1.82, 2.24) is 8.61 Å². The molecule has 38 heavy (non-hydrogen) atoms. The van der Waals surface area contributed by atoms with Gasteiger partial charge in [-0.05, 0) is 62.4 Å². The highest BCUT2D eigenvalue weighted by atomic mass is 32.2. The number of benzene rings is 2. The Bertz CT molecular complexity index is 1490. The Labute approximate surface area is 226 Å². The molecule has 2 aromatic carbocycles. The van der Waals surface area contributed by atoms with E-state index in [1.807, 2.05) is 13.8 Å². The summed E-state index contributed by atoms with van der Waals surface area (Å²) in [6.07, 6.45) is 5.94. The number of hydrogen-bond donors (Lipinski definition) is 0. The summed E-state index contributed by atoms with van der Waals surface area (Å²) >= 11 is 0. The SMILES string of the molecule is Cc1ccc(S(=O)(=O)N2CC#C/C=C\C#CCN(S(=O)(=O)c3ccc(C)cc3)CC#C/C=C\C#CC2)cc1. The van der Waals surface area contributed by atoms with E-state index in [2.05, 4.69) is 47.4 Å². The highest BCUT2D eigenvalue weighted by molar-refractivity contribution is 7.89. The number of nitrogens with zero attached hydrogens (tertiary/aromatic N) is 2. The zero-order valence-corrected chi connectivity index (χ0v) is 22.7. The van der Waals surface area contributed by atoms with Crippen LogP contribution in [-0.2, 0) is 20.0 Å². The predicted octanol–water partition coefficient (Wildman–Crippen LogP) is 3.12. The summed E-state index contributed by atoms with van der Waals surface area (Å²) in [5, 5.41) is 0. The van der Waals surface area contributed by atoms with Crippen molar-refractivity contribution < 1.29 is 16.8 Å². The average Bonchev–Trinajstić information content (AvgIpc) is 2.89. The largest absolute Gasteiger partial charge is 0.244 e. The first-order chi connectivity index (χ1) is 18.2. The minimum Gasteiger partial charge on any atom is -0.207 e. The standard InChI is InChI=1S/C30H26N2O4S2/c1-27-15-19-29(20-16-27)37(33,34)31-23-11-7-3-5-9-13-25-32(26-14-10-6-4-8-12-24-31)38(35,36)30-21-17-28(2)18-22-30/h3-6,15-22H,23-26H2,1-2H3/b5-3-,6-4-. The monoisotopic (exact) mass is 542 g/mol. The maximum atomic E-state index is 13.1. The predicted molar refractivity (Wildman–Crippen MR) is 149 cm³/mol. The summed E-state index contributed by atoms with van der Waals surface area (Å²) in [6.45, 7) is 3.53. The molecule has 0 aromatic heterocycles. The van der Waals surface area contributed by atoms with Crippen LogP contribution in [0.1, 0.15) is 11.1 Å². The highest BCUT2D eigenvalue weighted by Gasteiger charge is 2.23. The summed E-state index contributed by atoms with van der Waals surface area (Å²) in [7, 11) is -7.58. The molecule has 0 unspecified atom stereocenters. The van der Waals surface area contributed by atoms with Gasteiger partial charge < -0.3 is 0 Å². The molecule has 6 nitrogen and oxygen atoms in total. The number of aryl methyl sites for hydroxylation is 2. The van der Waals surface area contributed by atoms with E-state index in [9.17, 15) is 16.8 Å². The topological polar surface area (TPSA) is 74.8 Å². The van der Waals surface area contributed by atoms with Gasteiger partial charge in [0.1, 0.15) is 0 Å². The van der Waals surface area contributed by atoms with E-state index in [0.717, 1.165) is 11.1 Å². The Morgan fingerprint density at radius 2 is 0.763 bits per heavy atom. The van der Waals surface area contributed by atoms with Crippen molar-refractivity contribution >= 4 is 20.0 Å². The van der Waals surface area contributed by atoms with Gasteiger partial charge in [-0.1, -0.05) is 82.8 Å². The quantitative estimate of drug-likeness (QED) is 0.557. The molecule has 0 amide bonds. The molecule has 2 aromatic rings. The fourth-order valence-corrected chi connectivity index (χ4v) is 5.60. The van der Waals surface area contributed by atoms with Crippen LogP contribution in [0.25, 0.3) is 0 Å². The summed E-state index contributed by atoms with van der Waals surface area (Å²) in [6, 6.07) is 13.2. The minimum atomic E-state index is -3.79. The zero-order valence-electron chi connectivity index (χ0n) is 21.1. The van der Waals surface area contributed by atoms with E-state index >= 15 is 0 Å². The molecule has 1 heterocycles. The third kappa shape index (κ3) is 7.99. The third-order valence-electron chi connectivity index (χ3n) is 5.25. The van der Waals surface area contributed by atoms with Crippen molar-refractivity contribution in [3.8, 4) is 47.4 Å². The molecule has 0 atom stereocenters. The van der Waals surface area contributed by atoms with Crippen molar-refractivity contribution in [2.24, 2.45) is 0 Å². The molecule has 0 spiro atoms. The highest BCUT2D eigenvalue weighted by Crippen LogP contribution is 2.17. The van der Waals surface area contributed by atoms with Crippen molar-refractivity contribution in [3.05, 3.63) is 84.0 Å². The van der Waals surface area contributed by atoms with Gasteiger partial charge in [0.2, 0.25) is 20.0 Å². The minimum absolute atomic E-state index is 0.0608. The molecule has 1 aliphatic rings. The zero-order chi connectivity index (χ0) is 27.4. The van der Waals surface area contributed by atoms with E-state index in [4.69, 9.17) is 0 Å². The van der Waals surface area contributed by atoms with E-state index in [1.54, 1.807) is 48.5 Å². The number of hydrogen-bond acceptors (Lipinski definition) is 4. The van der Waals surface area contributed by atoms with E-state index in [1.165, 1.54) is 32.9 Å². The maximum Gasteiger partial charge on any atom is 0.244 e. The van der Waals surface area contributed by atoms with Crippen LogP contribution in [0.3, 0.4) is 0 Å². The smallest absolute Gasteiger partial charge is 0.207 e. The van der Waals surface area contributed by atoms with Crippen molar-refractivity contribution in [3.63, 3.8) is 0 Å². The van der Waals surface area contributed by atoms with Crippen LogP contribution in [0, 0.1) is 61.2 Å². The second kappa shape index (κ2) is 13.5. The van der Waals surface area contributed by atoms with Crippen molar-refractivity contribution in [2.75, 3.05) is 26.2 Å². The van der Waals surface area contributed by atoms with Gasteiger partial charge in [-0.25, -0.2) is 16.8 Å². The van der Waals surface area contributed by atoms with Gasteiger partial charge in [-0.3, -0.25) is 0 Å². The normalized spacial score (nSPS) is 16.9. The molecule has 0 radical (unpaired) electrons. The lowest BCUT2D eigenvalue weighted by atomic mass is 10.2. The molecule has 0 saturated carbocycles. The summed E-state index contributed by atoms with van der Waals surface area (Å²) in [5.74, 6) is 22.3. The van der Waals surface area contributed by atoms with Gasteiger partial charge in [-0.2, -0.15) is 8.61 Å². The molecule has 0 saturated heterocycles. The second-order valence-electron chi connectivity index (χ2n) is 8.12. The Hall–Kier alpha value is -4.02. The molecule has 0 bridgehead atoms. The summed E-state index contributed by atoms with van der Waals surface area (Å²) in [5.41, 5.74) is 1.91. The Balaban J connectivity index is 1.85. The molecule has 8 heteroatoms. The molecule has 0 N–H and O–H groups in total. The van der Waals surface area contributed by atoms with Gasteiger partial charge in [0, 0.05) is 0 Å². The van der Waals surface area contributed by atoms with Crippen molar-refractivity contribution in [2.45, 2.75) is 23.6 Å². The summed E-state index contributed by atoms with van der Waals surface area (Å²) in [4.78, 5) is 0.337. The first-order valence-electron chi connectivity index (χ1n) is 11.6. The molecule has 3 rings (SSSR count). The van der Waals surface area contributed by atoms with Crippen LogP contribution >= 0.6 is 0 Å². The number of allylic oxidation sites excluding steroid dienone is 4. The lowest BCUT2D eigenvalue weighted by Gasteiger charge is -2.17. The van der Waals surface area contributed by atoms with Crippen LogP contribution in [0.15, 0.2) is 82.6 Å². The van der Waals surface area contributed by atoms with E-state index in [0.29, 0.717) is 0 Å². The molecular weight excluding hydrogens is 516 g/mol. The molecule has 192 valence electrons. The van der Waals surface area contributed by atoms with Crippen molar-refractivity contribution in [1.29, 1.82) is 0 Å². The van der Waals surface area contributed by atoms with Crippen LogP contribution in [0.2, 0.25) is 0 Å². The first kappa shape index (κ1) is 28.5. The van der Waals surface area contributed by atoms with Gasteiger partial charge in [0.05, 0.1) is 36.0 Å². The lowest BCUT2D eigenvalue weighted by Crippen LogP contribution is -2.32. The molecule has 0 aliphatic carbocycles. The molecule has 0 fully saturated rings. The third-order valence-corrected chi connectivity index (χ3v) is 8.86. The fraction of sp³-hybridized carbons (Fsp3) is 0.200. The lowest BCUT2D eigenvalue weighted by molar-refractivity contribution is 0.481. The molecule has 1 aliphatic heterocycles. The average molecular weight is 543 g/mol. The molecular formula is C30H26N2O4S2. The van der Waals surface area contributed by atoms with Crippen LogP contribution in [0.5, 0.6) is 0 Å². The van der Waals surface area contributed by atoms with E-state index < -0.39 is 20.0 Å². The maximum absolute atomic E-state index is 13.1. The number of rotatable bonds is 4. The fourth-order valence-electron chi connectivity index (χ4n) is 3.11. The van der Waals surface area contributed by atoms with Gasteiger partial charge in [0.15, 0.2) is 0 Å². The Morgan fingerprint density at radius 1 is 0.500 bits per heavy atom. The van der Waals surface area contributed by atoms with E-state index in [-0.39, 0.29) is 36.0 Å². The summed E-state index contributed by atoms with van der Waals surface area (Å²) < 4.78 is 54.8. The van der Waals surface area contributed by atoms with Crippen LogP contribution in [0.4, 0.5) is 0 Å². The number of sulfonamides is 2.